The van der Waals surface area contributed by atoms with Crippen molar-refractivity contribution in [2.75, 3.05) is 13.6 Å². The number of rotatable bonds is 5. The first kappa shape index (κ1) is 12.5. The Balaban J connectivity index is 2.07. The van der Waals surface area contributed by atoms with Gasteiger partial charge < -0.3 is 5.73 Å². The van der Waals surface area contributed by atoms with Crippen molar-refractivity contribution in [1.82, 2.24) is 4.90 Å². The van der Waals surface area contributed by atoms with Gasteiger partial charge in [-0.25, -0.2) is 4.39 Å². The van der Waals surface area contributed by atoms with Gasteiger partial charge in [-0.2, -0.15) is 0 Å². The third-order valence-electron chi connectivity index (χ3n) is 3.89. The molecule has 0 bridgehead atoms. The zero-order valence-corrected chi connectivity index (χ0v) is 10.6. The zero-order valence-electron chi connectivity index (χ0n) is 10.6. The van der Waals surface area contributed by atoms with Crippen LogP contribution >= 0.6 is 0 Å². The first-order valence-corrected chi connectivity index (χ1v) is 6.31. The summed E-state index contributed by atoms with van der Waals surface area (Å²) in [4.78, 5) is 2.32. The fourth-order valence-corrected chi connectivity index (χ4v) is 2.44. The predicted octanol–water partition coefficient (Wildman–Crippen LogP) is 2.56. The van der Waals surface area contributed by atoms with Gasteiger partial charge in [0.05, 0.1) is 0 Å². The Morgan fingerprint density at radius 3 is 2.41 bits per heavy atom. The molecular formula is C14H21FN2. The molecule has 1 aliphatic rings. The van der Waals surface area contributed by atoms with Crippen molar-refractivity contribution in [2.24, 2.45) is 11.7 Å². The Morgan fingerprint density at radius 1 is 1.35 bits per heavy atom. The predicted molar refractivity (Wildman–Crippen MR) is 68.1 cm³/mol. The van der Waals surface area contributed by atoms with Gasteiger partial charge in [-0.3, -0.25) is 4.90 Å². The maximum Gasteiger partial charge on any atom is 0.123 e. The van der Waals surface area contributed by atoms with E-state index in [1.165, 1.54) is 25.0 Å². The molecule has 2 nitrogen and oxygen atoms in total. The first-order chi connectivity index (χ1) is 8.13. The van der Waals surface area contributed by atoms with E-state index >= 15 is 0 Å². The highest BCUT2D eigenvalue weighted by molar-refractivity contribution is 5.19. The number of hydrogen-bond donors (Lipinski definition) is 1. The third-order valence-corrected chi connectivity index (χ3v) is 3.89. The second-order valence-corrected chi connectivity index (χ2v) is 5.03. The number of likely N-dealkylation sites (N-methyl/N-ethyl adjacent to an activating group) is 1. The summed E-state index contributed by atoms with van der Waals surface area (Å²) in [5, 5.41) is 0. The summed E-state index contributed by atoms with van der Waals surface area (Å²) in [7, 11) is 2.11. The molecule has 94 valence electrons. The summed E-state index contributed by atoms with van der Waals surface area (Å²) in [6.45, 7) is 2.85. The average Bonchev–Trinajstić information content (AvgIpc) is 3.14. The smallest absolute Gasteiger partial charge is 0.123 e. The van der Waals surface area contributed by atoms with Gasteiger partial charge in [-0.15, -0.1) is 0 Å². The van der Waals surface area contributed by atoms with Crippen molar-refractivity contribution < 1.29 is 4.39 Å². The normalized spacial score (nSPS) is 19.4. The van der Waals surface area contributed by atoms with Crippen molar-refractivity contribution in [3.05, 3.63) is 35.6 Å². The van der Waals surface area contributed by atoms with Gasteiger partial charge in [-0.1, -0.05) is 12.1 Å². The molecule has 0 heterocycles. The summed E-state index contributed by atoms with van der Waals surface area (Å²) < 4.78 is 12.9. The van der Waals surface area contributed by atoms with Crippen LogP contribution in [0.1, 0.15) is 31.4 Å². The van der Waals surface area contributed by atoms with Gasteiger partial charge in [0.1, 0.15) is 5.82 Å². The highest BCUT2D eigenvalue weighted by Gasteiger charge is 2.34. The van der Waals surface area contributed by atoms with Gasteiger partial charge in [0.25, 0.3) is 0 Å². The topological polar surface area (TPSA) is 29.3 Å². The van der Waals surface area contributed by atoms with E-state index in [4.69, 9.17) is 5.73 Å². The second kappa shape index (κ2) is 5.15. The van der Waals surface area contributed by atoms with Gasteiger partial charge in [0.2, 0.25) is 0 Å². The molecule has 1 saturated carbocycles. The van der Waals surface area contributed by atoms with Crippen LogP contribution in [0.2, 0.25) is 0 Å². The molecule has 0 radical (unpaired) electrons. The number of nitrogens with two attached hydrogens (primary N) is 1. The van der Waals surface area contributed by atoms with Gasteiger partial charge in [0.15, 0.2) is 0 Å². The Hall–Kier alpha value is -0.930. The summed E-state index contributed by atoms with van der Waals surface area (Å²) in [6.07, 6.45) is 2.59. The summed E-state index contributed by atoms with van der Waals surface area (Å²) in [6, 6.07) is 7.50. The largest absolute Gasteiger partial charge is 0.329 e. The molecule has 0 aliphatic heterocycles. The molecule has 2 rings (SSSR count). The van der Waals surface area contributed by atoms with Crippen molar-refractivity contribution >= 4 is 0 Å². The summed E-state index contributed by atoms with van der Waals surface area (Å²) in [5.74, 6) is 0.578. The number of halogens is 1. The molecule has 2 atom stereocenters. The number of nitrogens with zero attached hydrogens (tertiary/aromatic N) is 1. The third kappa shape index (κ3) is 2.85. The number of benzene rings is 1. The van der Waals surface area contributed by atoms with Crippen LogP contribution in [0.5, 0.6) is 0 Å². The molecular weight excluding hydrogens is 215 g/mol. The average molecular weight is 236 g/mol. The van der Waals surface area contributed by atoms with E-state index in [-0.39, 0.29) is 11.9 Å². The minimum absolute atomic E-state index is 0.179. The van der Waals surface area contributed by atoms with Gasteiger partial charge >= 0.3 is 0 Å². The monoisotopic (exact) mass is 236 g/mol. The van der Waals surface area contributed by atoms with E-state index in [1.807, 2.05) is 12.1 Å². The maximum atomic E-state index is 12.9. The Labute approximate surface area is 103 Å². The van der Waals surface area contributed by atoms with Crippen molar-refractivity contribution in [1.29, 1.82) is 0 Å². The Bertz CT molecular complexity index is 359. The van der Waals surface area contributed by atoms with Crippen LogP contribution in [0, 0.1) is 11.7 Å². The zero-order chi connectivity index (χ0) is 12.4. The molecule has 0 spiro atoms. The summed E-state index contributed by atoms with van der Waals surface area (Å²) >= 11 is 0. The van der Waals surface area contributed by atoms with Crippen LogP contribution in [0.25, 0.3) is 0 Å². The minimum atomic E-state index is -0.179. The van der Waals surface area contributed by atoms with Crippen LogP contribution in [0.3, 0.4) is 0 Å². The first-order valence-electron chi connectivity index (χ1n) is 6.31. The fraction of sp³-hybridized carbons (Fsp3) is 0.571. The summed E-state index contributed by atoms with van der Waals surface area (Å²) in [5.41, 5.74) is 7.00. The van der Waals surface area contributed by atoms with Gasteiger partial charge in [0, 0.05) is 18.6 Å². The molecule has 0 aromatic heterocycles. The molecule has 2 unspecified atom stereocenters. The van der Waals surface area contributed by atoms with E-state index < -0.39 is 0 Å². The molecule has 1 fully saturated rings. The highest BCUT2D eigenvalue weighted by atomic mass is 19.1. The lowest BCUT2D eigenvalue weighted by molar-refractivity contribution is 0.170. The lowest BCUT2D eigenvalue weighted by Gasteiger charge is -2.33. The van der Waals surface area contributed by atoms with Crippen LogP contribution in [-0.2, 0) is 0 Å². The van der Waals surface area contributed by atoms with Gasteiger partial charge in [-0.05, 0) is 50.4 Å². The quantitative estimate of drug-likeness (QED) is 0.851. The van der Waals surface area contributed by atoms with Crippen LogP contribution in [0.15, 0.2) is 24.3 Å². The molecule has 1 aliphatic carbocycles. The molecule has 2 N–H and O–H groups in total. The van der Waals surface area contributed by atoms with Crippen LogP contribution < -0.4 is 5.73 Å². The molecule has 3 heteroatoms. The van der Waals surface area contributed by atoms with E-state index in [1.54, 1.807) is 0 Å². The van der Waals surface area contributed by atoms with Crippen molar-refractivity contribution in [3.8, 4) is 0 Å². The molecule has 1 aromatic carbocycles. The molecule has 17 heavy (non-hydrogen) atoms. The standard InChI is InChI=1S/C14H21FN2/c1-10(11-5-7-13(15)8-6-11)17(2)14(9-16)12-3-4-12/h5-8,10,12,14H,3-4,9,16H2,1-2H3. The lowest BCUT2D eigenvalue weighted by Crippen LogP contribution is -2.41. The molecule has 0 amide bonds. The molecule has 1 aromatic rings. The minimum Gasteiger partial charge on any atom is -0.329 e. The lowest BCUT2D eigenvalue weighted by atomic mass is 10.0. The van der Waals surface area contributed by atoms with Crippen molar-refractivity contribution in [3.63, 3.8) is 0 Å². The van der Waals surface area contributed by atoms with E-state index in [2.05, 4.69) is 18.9 Å². The molecule has 0 saturated heterocycles. The van der Waals surface area contributed by atoms with Crippen LogP contribution in [-0.4, -0.2) is 24.5 Å². The highest BCUT2D eigenvalue weighted by Crippen LogP contribution is 2.37. The van der Waals surface area contributed by atoms with Crippen LogP contribution in [0.4, 0.5) is 4.39 Å². The van der Waals surface area contributed by atoms with E-state index in [9.17, 15) is 4.39 Å². The maximum absolute atomic E-state index is 12.9. The fourth-order valence-electron chi connectivity index (χ4n) is 2.44. The number of hydrogen-bond acceptors (Lipinski definition) is 2. The van der Waals surface area contributed by atoms with E-state index in [0.29, 0.717) is 12.6 Å². The van der Waals surface area contributed by atoms with Crippen molar-refractivity contribution in [2.45, 2.75) is 31.8 Å². The Morgan fingerprint density at radius 2 is 1.94 bits per heavy atom. The SMILES string of the molecule is CC(c1ccc(F)cc1)N(C)C(CN)C1CC1. The second-order valence-electron chi connectivity index (χ2n) is 5.03. The van der Waals surface area contributed by atoms with E-state index in [0.717, 1.165) is 11.5 Å². The Kier molecular flexibility index (Phi) is 3.79.